The van der Waals surface area contributed by atoms with Crippen molar-refractivity contribution >= 4 is 11.6 Å². The molecule has 1 aromatic carbocycles. The fourth-order valence-corrected chi connectivity index (χ4v) is 2.48. The van der Waals surface area contributed by atoms with Crippen molar-refractivity contribution in [3.63, 3.8) is 0 Å². The van der Waals surface area contributed by atoms with E-state index in [1.165, 1.54) is 0 Å². The number of methoxy groups -OCH3 is 1. The number of likely N-dealkylation sites (N-methyl/N-ethyl adjacent to an activating group) is 1. The molecule has 2 N–H and O–H groups in total. The smallest absolute Gasteiger partial charge is 0.246 e. The van der Waals surface area contributed by atoms with E-state index in [0.717, 1.165) is 18.0 Å². The topological polar surface area (TPSA) is 58.8 Å². The zero-order valence-electron chi connectivity index (χ0n) is 11.7. The lowest BCUT2D eigenvalue weighted by Gasteiger charge is -2.44. The van der Waals surface area contributed by atoms with Gasteiger partial charge in [0.15, 0.2) is 0 Å². The summed E-state index contributed by atoms with van der Waals surface area (Å²) in [5, 5.41) is 0. The third-order valence-electron chi connectivity index (χ3n) is 3.75. The van der Waals surface area contributed by atoms with Gasteiger partial charge < -0.3 is 20.3 Å². The van der Waals surface area contributed by atoms with Gasteiger partial charge in [0.1, 0.15) is 11.8 Å². The number of ether oxygens (including phenoxy) is 1. The lowest BCUT2D eigenvalue weighted by molar-refractivity contribution is -0.134. The van der Waals surface area contributed by atoms with Crippen LogP contribution in [0.3, 0.4) is 0 Å². The minimum atomic E-state index is -0.322. The third kappa shape index (κ3) is 2.38. The molecule has 1 aromatic rings. The summed E-state index contributed by atoms with van der Waals surface area (Å²) in [6, 6.07) is 7.56. The van der Waals surface area contributed by atoms with Crippen LogP contribution in [0.4, 0.5) is 5.69 Å². The van der Waals surface area contributed by atoms with Crippen molar-refractivity contribution in [1.82, 2.24) is 4.90 Å². The second-order valence-electron chi connectivity index (χ2n) is 4.87. The first-order valence-corrected chi connectivity index (χ1v) is 6.46. The second kappa shape index (κ2) is 5.48. The highest BCUT2D eigenvalue weighted by Gasteiger charge is 2.36. The maximum absolute atomic E-state index is 12.3. The van der Waals surface area contributed by atoms with E-state index in [4.69, 9.17) is 10.5 Å². The van der Waals surface area contributed by atoms with Crippen LogP contribution in [-0.4, -0.2) is 50.1 Å². The van der Waals surface area contributed by atoms with E-state index in [1.54, 1.807) is 12.0 Å². The Labute approximate surface area is 113 Å². The first-order chi connectivity index (χ1) is 9.10. The number of para-hydroxylation sites is 2. The predicted octanol–water partition coefficient (Wildman–Crippen LogP) is 0.689. The van der Waals surface area contributed by atoms with Gasteiger partial charge in [-0.05, 0) is 19.1 Å². The highest BCUT2D eigenvalue weighted by molar-refractivity contribution is 5.87. The highest BCUT2D eigenvalue weighted by atomic mass is 16.5. The standard InChI is InChI=1S/C14H21N3O2/c1-10-9-17(12(8-15)14(18)16(10)2)11-6-4-5-7-13(11)19-3/h4-7,10,12H,8-9,15H2,1-3H3. The van der Waals surface area contributed by atoms with Crippen LogP contribution in [-0.2, 0) is 4.79 Å². The normalized spacial score (nSPS) is 23.7. The number of rotatable bonds is 3. The van der Waals surface area contributed by atoms with E-state index in [2.05, 4.69) is 0 Å². The van der Waals surface area contributed by atoms with Gasteiger partial charge in [-0.15, -0.1) is 0 Å². The summed E-state index contributed by atoms with van der Waals surface area (Å²) >= 11 is 0. The molecule has 5 heteroatoms. The molecule has 5 nitrogen and oxygen atoms in total. The van der Waals surface area contributed by atoms with Crippen LogP contribution in [0.15, 0.2) is 24.3 Å². The zero-order chi connectivity index (χ0) is 14.0. The van der Waals surface area contributed by atoms with Crippen molar-refractivity contribution in [2.24, 2.45) is 5.73 Å². The number of benzene rings is 1. The molecule has 104 valence electrons. The van der Waals surface area contributed by atoms with E-state index < -0.39 is 0 Å². The highest BCUT2D eigenvalue weighted by Crippen LogP contribution is 2.31. The van der Waals surface area contributed by atoms with Crippen molar-refractivity contribution in [2.75, 3.05) is 32.1 Å². The first-order valence-electron chi connectivity index (χ1n) is 6.46. The Morgan fingerprint density at radius 3 is 2.74 bits per heavy atom. The van der Waals surface area contributed by atoms with Crippen molar-refractivity contribution < 1.29 is 9.53 Å². The van der Waals surface area contributed by atoms with Gasteiger partial charge in [-0.25, -0.2) is 0 Å². The Morgan fingerprint density at radius 2 is 2.11 bits per heavy atom. The molecule has 1 fully saturated rings. The van der Waals surface area contributed by atoms with Crippen LogP contribution < -0.4 is 15.4 Å². The van der Waals surface area contributed by atoms with Gasteiger partial charge in [-0.3, -0.25) is 4.79 Å². The number of carbonyl (C=O) groups excluding carboxylic acids is 1. The van der Waals surface area contributed by atoms with Gasteiger partial charge in [0.2, 0.25) is 5.91 Å². The van der Waals surface area contributed by atoms with Gasteiger partial charge >= 0.3 is 0 Å². The molecular weight excluding hydrogens is 242 g/mol. The maximum atomic E-state index is 12.3. The molecule has 2 atom stereocenters. The summed E-state index contributed by atoms with van der Waals surface area (Å²) < 4.78 is 5.38. The number of nitrogens with zero attached hydrogens (tertiary/aromatic N) is 2. The first kappa shape index (κ1) is 13.7. The zero-order valence-corrected chi connectivity index (χ0v) is 11.7. The molecule has 1 aliphatic rings. The average molecular weight is 263 g/mol. The SMILES string of the molecule is COc1ccccc1N1CC(C)N(C)C(=O)C1CN. The number of hydrogen-bond donors (Lipinski definition) is 1. The summed E-state index contributed by atoms with van der Waals surface area (Å²) in [7, 11) is 3.47. The largest absolute Gasteiger partial charge is 0.495 e. The Bertz CT molecular complexity index is 464. The van der Waals surface area contributed by atoms with Crippen molar-refractivity contribution in [1.29, 1.82) is 0 Å². The Morgan fingerprint density at radius 1 is 1.42 bits per heavy atom. The van der Waals surface area contributed by atoms with E-state index in [0.29, 0.717) is 6.54 Å². The van der Waals surface area contributed by atoms with Crippen LogP contribution in [0.2, 0.25) is 0 Å². The fraction of sp³-hybridized carbons (Fsp3) is 0.500. The molecule has 2 unspecified atom stereocenters. The van der Waals surface area contributed by atoms with E-state index in [-0.39, 0.29) is 18.0 Å². The third-order valence-corrected chi connectivity index (χ3v) is 3.75. The Hall–Kier alpha value is -1.75. The van der Waals surface area contributed by atoms with E-state index in [1.807, 2.05) is 43.1 Å². The van der Waals surface area contributed by atoms with Crippen molar-refractivity contribution in [3.05, 3.63) is 24.3 Å². The van der Waals surface area contributed by atoms with Crippen LogP contribution >= 0.6 is 0 Å². The van der Waals surface area contributed by atoms with Gasteiger partial charge in [0.25, 0.3) is 0 Å². The van der Waals surface area contributed by atoms with Crippen molar-refractivity contribution in [3.8, 4) is 5.75 Å². The molecule has 0 aromatic heterocycles. The Kier molecular flexibility index (Phi) is 3.95. The van der Waals surface area contributed by atoms with Gasteiger partial charge in [0.05, 0.1) is 12.8 Å². The fourth-order valence-electron chi connectivity index (χ4n) is 2.48. The molecule has 1 amide bonds. The summed E-state index contributed by atoms with van der Waals surface area (Å²) in [4.78, 5) is 16.1. The van der Waals surface area contributed by atoms with E-state index >= 15 is 0 Å². The molecule has 1 aliphatic heterocycles. The Balaban J connectivity index is 2.39. The van der Waals surface area contributed by atoms with Crippen LogP contribution in [0.25, 0.3) is 0 Å². The summed E-state index contributed by atoms with van der Waals surface area (Å²) in [5.41, 5.74) is 6.72. The minimum absolute atomic E-state index is 0.0622. The summed E-state index contributed by atoms with van der Waals surface area (Å²) in [6.07, 6.45) is 0. The number of piperazine rings is 1. The molecule has 1 saturated heterocycles. The molecule has 2 rings (SSSR count). The number of nitrogens with two attached hydrogens (primary N) is 1. The van der Waals surface area contributed by atoms with Gasteiger partial charge in [0, 0.05) is 26.2 Å². The van der Waals surface area contributed by atoms with Gasteiger partial charge in [-0.2, -0.15) is 0 Å². The molecule has 0 aliphatic carbocycles. The summed E-state index contributed by atoms with van der Waals surface area (Å²) in [5.74, 6) is 0.831. The second-order valence-corrected chi connectivity index (χ2v) is 4.87. The van der Waals surface area contributed by atoms with Crippen LogP contribution in [0.5, 0.6) is 5.75 Å². The molecule has 0 saturated carbocycles. The average Bonchev–Trinajstić information content (AvgIpc) is 2.44. The number of hydrogen-bond acceptors (Lipinski definition) is 4. The quantitative estimate of drug-likeness (QED) is 0.871. The van der Waals surface area contributed by atoms with Crippen molar-refractivity contribution in [2.45, 2.75) is 19.0 Å². The molecular formula is C14H21N3O2. The molecule has 0 spiro atoms. The minimum Gasteiger partial charge on any atom is -0.495 e. The monoisotopic (exact) mass is 263 g/mol. The number of anilines is 1. The predicted molar refractivity (Wildman–Crippen MR) is 75.4 cm³/mol. The molecule has 1 heterocycles. The van der Waals surface area contributed by atoms with Gasteiger partial charge in [-0.1, -0.05) is 12.1 Å². The summed E-state index contributed by atoms with van der Waals surface area (Å²) in [6.45, 7) is 3.09. The molecule has 0 radical (unpaired) electrons. The maximum Gasteiger partial charge on any atom is 0.246 e. The van der Waals surface area contributed by atoms with Crippen LogP contribution in [0, 0.1) is 0 Å². The molecule has 19 heavy (non-hydrogen) atoms. The lowest BCUT2D eigenvalue weighted by Crippen LogP contribution is -2.62. The van der Waals surface area contributed by atoms with Crippen LogP contribution in [0.1, 0.15) is 6.92 Å². The molecule has 0 bridgehead atoms. The number of carbonyl (C=O) groups is 1. The number of amides is 1. The van der Waals surface area contributed by atoms with E-state index in [9.17, 15) is 4.79 Å². The lowest BCUT2D eigenvalue weighted by atomic mass is 10.1.